The van der Waals surface area contributed by atoms with Gasteiger partial charge in [0.2, 0.25) is 0 Å². The molecule has 1 amide bonds. The number of benzene rings is 2. The van der Waals surface area contributed by atoms with Gasteiger partial charge in [0, 0.05) is 30.9 Å². The lowest BCUT2D eigenvalue weighted by molar-refractivity contribution is 0.0724. The van der Waals surface area contributed by atoms with E-state index in [1.807, 2.05) is 77.7 Å². The van der Waals surface area contributed by atoms with Crippen molar-refractivity contribution < 1.29 is 4.79 Å². The average molecular weight is 353 g/mol. The first-order chi connectivity index (χ1) is 13.3. The molecule has 0 atom stereocenters. The van der Waals surface area contributed by atoms with E-state index in [2.05, 4.69) is 9.97 Å². The first-order valence-electron chi connectivity index (χ1n) is 8.87. The monoisotopic (exact) mass is 353 g/mol. The highest BCUT2D eigenvalue weighted by atomic mass is 16.2. The second-order valence-electron chi connectivity index (χ2n) is 6.39. The Balaban J connectivity index is 1.66. The molecule has 0 radical (unpaired) electrons. The van der Waals surface area contributed by atoms with Crippen molar-refractivity contribution in [2.75, 3.05) is 0 Å². The van der Waals surface area contributed by atoms with Gasteiger partial charge in [0.1, 0.15) is 5.69 Å². The van der Waals surface area contributed by atoms with Crippen molar-refractivity contribution in [2.24, 2.45) is 0 Å². The van der Waals surface area contributed by atoms with Crippen molar-refractivity contribution in [2.45, 2.75) is 13.1 Å². The van der Waals surface area contributed by atoms with E-state index >= 15 is 0 Å². The van der Waals surface area contributed by atoms with Crippen LogP contribution in [-0.2, 0) is 13.1 Å². The fourth-order valence-corrected chi connectivity index (χ4v) is 3.06. The molecule has 0 aliphatic carbocycles. The number of para-hydroxylation sites is 1. The predicted octanol–water partition coefficient (Wildman–Crippen LogP) is 4.47. The Morgan fingerprint density at radius 3 is 2.19 bits per heavy atom. The van der Waals surface area contributed by atoms with E-state index in [1.165, 1.54) is 0 Å². The highest BCUT2D eigenvalue weighted by Gasteiger charge is 2.18. The molecule has 0 N–H and O–H groups in total. The molecule has 0 aliphatic heterocycles. The standard InChI is InChI=1S/C23H19N3O/c27-23(22-11-10-20-8-4-5-9-21(20)25-22)26(16-18-6-2-1-3-7-18)17-19-12-14-24-15-13-19/h1-15H,16-17H2. The van der Waals surface area contributed by atoms with Gasteiger partial charge < -0.3 is 4.90 Å². The van der Waals surface area contributed by atoms with Crippen LogP contribution in [-0.4, -0.2) is 20.8 Å². The maximum Gasteiger partial charge on any atom is 0.273 e. The second kappa shape index (κ2) is 7.79. The number of pyridine rings is 2. The number of rotatable bonds is 5. The van der Waals surface area contributed by atoms with Crippen molar-refractivity contribution >= 4 is 16.8 Å². The Labute approximate surface area is 158 Å². The van der Waals surface area contributed by atoms with Crippen LogP contribution in [0.2, 0.25) is 0 Å². The molecular weight excluding hydrogens is 334 g/mol. The van der Waals surface area contributed by atoms with E-state index in [0.717, 1.165) is 22.0 Å². The highest BCUT2D eigenvalue weighted by Crippen LogP contribution is 2.16. The fraction of sp³-hybridized carbons (Fsp3) is 0.0870. The van der Waals surface area contributed by atoms with Crippen molar-refractivity contribution in [1.29, 1.82) is 0 Å². The summed E-state index contributed by atoms with van der Waals surface area (Å²) in [5.74, 6) is -0.0820. The van der Waals surface area contributed by atoms with Gasteiger partial charge in [0.15, 0.2) is 0 Å². The molecule has 2 heterocycles. The molecule has 0 spiro atoms. The zero-order valence-electron chi connectivity index (χ0n) is 14.8. The number of carbonyl (C=O) groups excluding carboxylic acids is 1. The second-order valence-corrected chi connectivity index (χ2v) is 6.39. The molecule has 4 nitrogen and oxygen atoms in total. The SMILES string of the molecule is O=C(c1ccc2ccccc2n1)N(Cc1ccccc1)Cc1ccncc1. The summed E-state index contributed by atoms with van der Waals surface area (Å²) in [5.41, 5.74) is 3.40. The smallest absolute Gasteiger partial charge is 0.273 e. The molecule has 4 aromatic rings. The Morgan fingerprint density at radius 2 is 1.41 bits per heavy atom. The fourth-order valence-electron chi connectivity index (χ4n) is 3.06. The van der Waals surface area contributed by atoms with Crippen LogP contribution < -0.4 is 0 Å². The molecule has 0 bridgehead atoms. The molecule has 2 aromatic carbocycles. The maximum absolute atomic E-state index is 13.2. The molecule has 27 heavy (non-hydrogen) atoms. The van der Waals surface area contributed by atoms with E-state index in [0.29, 0.717) is 18.8 Å². The molecule has 0 saturated heterocycles. The maximum atomic E-state index is 13.2. The van der Waals surface area contributed by atoms with Gasteiger partial charge in [-0.05, 0) is 35.4 Å². The zero-order valence-corrected chi connectivity index (χ0v) is 14.8. The molecule has 2 aromatic heterocycles. The van der Waals surface area contributed by atoms with Crippen LogP contribution in [0.15, 0.2) is 91.3 Å². The molecule has 4 rings (SSSR count). The van der Waals surface area contributed by atoms with Gasteiger partial charge in [-0.3, -0.25) is 9.78 Å². The summed E-state index contributed by atoms with van der Waals surface area (Å²) in [4.78, 5) is 23.7. The summed E-state index contributed by atoms with van der Waals surface area (Å²) in [6.07, 6.45) is 3.49. The van der Waals surface area contributed by atoms with Crippen molar-refractivity contribution in [3.8, 4) is 0 Å². The number of hydrogen-bond donors (Lipinski definition) is 0. The van der Waals surface area contributed by atoms with E-state index in [4.69, 9.17) is 0 Å². The third-order valence-corrected chi connectivity index (χ3v) is 4.44. The van der Waals surface area contributed by atoms with Gasteiger partial charge in [0.05, 0.1) is 5.52 Å². The van der Waals surface area contributed by atoms with Crippen LogP contribution >= 0.6 is 0 Å². The van der Waals surface area contributed by atoms with E-state index in [1.54, 1.807) is 18.5 Å². The number of amides is 1. The molecular formula is C23H19N3O. The minimum absolute atomic E-state index is 0.0820. The average Bonchev–Trinajstić information content (AvgIpc) is 2.74. The normalized spacial score (nSPS) is 10.7. The third-order valence-electron chi connectivity index (χ3n) is 4.44. The Kier molecular flexibility index (Phi) is 4.88. The summed E-state index contributed by atoms with van der Waals surface area (Å²) in [5, 5.41) is 1.03. The van der Waals surface area contributed by atoms with Crippen LogP contribution in [0.5, 0.6) is 0 Å². The third kappa shape index (κ3) is 4.01. The number of hydrogen-bond acceptors (Lipinski definition) is 3. The number of carbonyl (C=O) groups is 1. The van der Waals surface area contributed by atoms with Crippen molar-refractivity contribution in [3.05, 3.63) is 108 Å². The largest absolute Gasteiger partial charge is 0.329 e. The van der Waals surface area contributed by atoms with E-state index in [9.17, 15) is 4.79 Å². The van der Waals surface area contributed by atoms with Crippen molar-refractivity contribution in [3.63, 3.8) is 0 Å². The minimum atomic E-state index is -0.0820. The molecule has 0 fully saturated rings. The summed E-state index contributed by atoms with van der Waals surface area (Å²) in [6, 6.07) is 25.4. The molecule has 0 aliphatic rings. The van der Waals surface area contributed by atoms with Crippen LogP contribution in [0.25, 0.3) is 10.9 Å². The number of aromatic nitrogens is 2. The molecule has 0 saturated carbocycles. The van der Waals surface area contributed by atoms with Gasteiger partial charge in [-0.1, -0.05) is 54.6 Å². The minimum Gasteiger partial charge on any atom is -0.329 e. The van der Waals surface area contributed by atoms with Gasteiger partial charge in [0.25, 0.3) is 5.91 Å². The molecule has 4 heteroatoms. The molecule has 0 unspecified atom stereocenters. The van der Waals surface area contributed by atoms with E-state index in [-0.39, 0.29) is 5.91 Å². The summed E-state index contributed by atoms with van der Waals surface area (Å²) < 4.78 is 0. The molecule has 132 valence electrons. The Morgan fingerprint density at radius 1 is 0.741 bits per heavy atom. The Bertz CT molecular complexity index is 1010. The zero-order chi connectivity index (χ0) is 18.5. The number of nitrogens with zero attached hydrogens (tertiary/aromatic N) is 3. The van der Waals surface area contributed by atoms with Crippen LogP contribution in [0.1, 0.15) is 21.6 Å². The predicted molar refractivity (Wildman–Crippen MR) is 106 cm³/mol. The van der Waals surface area contributed by atoms with Gasteiger partial charge in [-0.25, -0.2) is 4.98 Å². The summed E-state index contributed by atoms with van der Waals surface area (Å²) in [6.45, 7) is 1.03. The lowest BCUT2D eigenvalue weighted by atomic mass is 10.1. The lowest BCUT2D eigenvalue weighted by Gasteiger charge is -2.23. The summed E-state index contributed by atoms with van der Waals surface area (Å²) in [7, 11) is 0. The van der Waals surface area contributed by atoms with Crippen LogP contribution in [0, 0.1) is 0 Å². The summed E-state index contributed by atoms with van der Waals surface area (Å²) >= 11 is 0. The first kappa shape index (κ1) is 16.9. The lowest BCUT2D eigenvalue weighted by Crippen LogP contribution is -2.30. The van der Waals surface area contributed by atoms with Gasteiger partial charge >= 0.3 is 0 Å². The Hall–Kier alpha value is -3.53. The van der Waals surface area contributed by atoms with Crippen molar-refractivity contribution in [1.82, 2.24) is 14.9 Å². The number of fused-ring (bicyclic) bond motifs is 1. The highest BCUT2D eigenvalue weighted by molar-refractivity contribution is 5.94. The van der Waals surface area contributed by atoms with Crippen LogP contribution in [0.4, 0.5) is 0 Å². The topological polar surface area (TPSA) is 46.1 Å². The first-order valence-corrected chi connectivity index (χ1v) is 8.87. The van der Waals surface area contributed by atoms with E-state index < -0.39 is 0 Å². The van der Waals surface area contributed by atoms with Crippen LogP contribution in [0.3, 0.4) is 0 Å². The van der Waals surface area contributed by atoms with Gasteiger partial charge in [-0.2, -0.15) is 0 Å². The quantitative estimate of drug-likeness (QED) is 0.532. The van der Waals surface area contributed by atoms with Gasteiger partial charge in [-0.15, -0.1) is 0 Å².